The van der Waals surface area contributed by atoms with E-state index < -0.39 is 27.5 Å². The molecule has 29 heavy (non-hydrogen) atoms. The van der Waals surface area contributed by atoms with Crippen LogP contribution in [0.5, 0.6) is 5.75 Å². The molecule has 1 heterocycles. The highest BCUT2D eigenvalue weighted by atomic mass is 79.9. The number of para-hydroxylation sites is 1. The van der Waals surface area contributed by atoms with Crippen LogP contribution in [0.1, 0.15) is 12.8 Å². The van der Waals surface area contributed by atoms with Gasteiger partial charge in [0, 0.05) is 17.6 Å². The van der Waals surface area contributed by atoms with E-state index >= 15 is 0 Å². The molecular formula is C20H22BrNO6S. The van der Waals surface area contributed by atoms with Crippen LogP contribution in [0.2, 0.25) is 0 Å². The fourth-order valence-corrected chi connectivity index (χ4v) is 5.08. The molecule has 0 aliphatic carbocycles. The minimum atomic E-state index is -3.71. The fraction of sp³-hybridized carbons (Fsp3) is 0.350. The molecule has 7 nitrogen and oxygen atoms in total. The van der Waals surface area contributed by atoms with Gasteiger partial charge in [0.05, 0.1) is 10.5 Å². The van der Waals surface area contributed by atoms with Crippen LogP contribution in [0, 0.1) is 5.92 Å². The molecule has 2 N–H and O–H groups in total. The topological polar surface area (TPSA) is 104 Å². The number of rotatable bonds is 7. The summed E-state index contributed by atoms with van der Waals surface area (Å²) in [6, 6.07) is 15.1. The lowest BCUT2D eigenvalue weighted by Crippen LogP contribution is -2.53. The van der Waals surface area contributed by atoms with Gasteiger partial charge >= 0.3 is 5.97 Å². The summed E-state index contributed by atoms with van der Waals surface area (Å²) in [5, 5.41) is 20.6. The Balaban J connectivity index is 1.69. The molecule has 1 atom stereocenters. The van der Waals surface area contributed by atoms with Crippen LogP contribution in [0.4, 0.5) is 0 Å². The van der Waals surface area contributed by atoms with Gasteiger partial charge in [-0.25, -0.2) is 8.42 Å². The first-order chi connectivity index (χ1) is 13.7. The Kier molecular flexibility index (Phi) is 6.62. The van der Waals surface area contributed by atoms with E-state index in [-0.39, 0.29) is 37.4 Å². The monoisotopic (exact) mass is 483 g/mol. The van der Waals surface area contributed by atoms with Crippen molar-refractivity contribution in [1.82, 2.24) is 4.31 Å². The molecule has 156 valence electrons. The van der Waals surface area contributed by atoms with E-state index in [2.05, 4.69) is 15.9 Å². The molecule has 0 saturated carbocycles. The van der Waals surface area contributed by atoms with E-state index in [1.165, 1.54) is 16.4 Å². The molecule has 1 fully saturated rings. The summed E-state index contributed by atoms with van der Waals surface area (Å²) in [6.07, 6.45) is 0.0236. The first kappa shape index (κ1) is 21.8. The predicted octanol–water partition coefficient (Wildman–Crippen LogP) is 2.74. The number of piperidine rings is 1. The molecular weight excluding hydrogens is 462 g/mol. The van der Waals surface area contributed by atoms with E-state index in [0.29, 0.717) is 5.75 Å². The first-order valence-electron chi connectivity index (χ1n) is 9.11. The van der Waals surface area contributed by atoms with Crippen molar-refractivity contribution in [3.63, 3.8) is 0 Å². The van der Waals surface area contributed by atoms with E-state index in [1.54, 1.807) is 36.4 Å². The van der Waals surface area contributed by atoms with Crippen molar-refractivity contribution in [2.45, 2.75) is 23.3 Å². The van der Waals surface area contributed by atoms with Crippen molar-refractivity contribution in [1.29, 1.82) is 0 Å². The van der Waals surface area contributed by atoms with Gasteiger partial charge in [-0.2, -0.15) is 4.31 Å². The number of carbonyl (C=O) groups is 1. The van der Waals surface area contributed by atoms with Crippen molar-refractivity contribution < 1.29 is 28.2 Å². The summed E-state index contributed by atoms with van der Waals surface area (Å²) in [6.45, 7) is -0.136. The van der Waals surface area contributed by atoms with Gasteiger partial charge in [0.2, 0.25) is 10.0 Å². The van der Waals surface area contributed by atoms with E-state index in [4.69, 9.17) is 4.74 Å². The van der Waals surface area contributed by atoms with Crippen LogP contribution in [0.25, 0.3) is 0 Å². The number of hydrogen-bond acceptors (Lipinski definition) is 5. The summed E-state index contributed by atoms with van der Waals surface area (Å²) in [5.74, 6) is -1.83. The Morgan fingerprint density at radius 2 is 1.69 bits per heavy atom. The fourth-order valence-electron chi connectivity index (χ4n) is 3.37. The Hall–Kier alpha value is -1.94. The molecule has 2 aromatic rings. The van der Waals surface area contributed by atoms with Gasteiger partial charge in [-0.15, -0.1) is 0 Å². The van der Waals surface area contributed by atoms with Crippen LogP contribution in [-0.4, -0.2) is 54.2 Å². The van der Waals surface area contributed by atoms with Crippen LogP contribution in [0.15, 0.2) is 64.0 Å². The van der Waals surface area contributed by atoms with Gasteiger partial charge < -0.3 is 14.9 Å². The van der Waals surface area contributed by atoms with Crippen LogP contribution >= 0.6 is 15.9 Å². The van der Waals surface area contributed by atoms with E-state index in [9.17, 15) is 23.4 Å². The van der Waals surface area contributed by atoms with Crippen LogP contribution in [-0.2, 0) is 14.8 Å². The largest absolute Gasteiger partial charge is 0.493 e. The number of carboxylic acid groups (broad SMARTS) is 1. The lowest BCUT2D eigenvalue weighted by molar-refractivity contribution is -0.157. The van der Waals surface area contributed by atoms with Crippen LogP contribution < -0.4 is 4.74 Å². The zero-order chi connectivity index (χ0) is 21.1. The highest BCUT2D eigenvalue weighted by Crippen LogP contribution is 2.33. The Bertz CT molecular complexity index is 941. The highest BCUT2D eigenvalue weighted by molar-refractivity contribution is 9.10. The summed E-state index contributed by atoms with van der Waals surface area (Å²) in [5.41, 5.74) is -1.55. The zero-order valence-electron chi connectivity index (χ0n) is 15.6. The normalized spacial score (nSPS) is 18.1. The molecule has 1 unspecified atom stereocenters. The quantitative estimate of drug-likeness (QED) is 0.627. The van der Waals surface area contributed by atoms with Gasteiger partial charge in [0.15, 0.2) is 0 Å². The molecule has 1 aliphatic heterocycles. The van der Waals surface area contributed by atoms with Gasteiger partial charge in [-0.3, -0.25) is 4.79 Å². The third-order valence-electron chi connectivity index (χ3n) is 5.15. The average molecular weight is 484 g/mol. The third kappa shape index (κ3) is 4.98. The summed E-state index contributed by atoms with van der Waals surface area (Å²) in [4.78, 5) is 11.9. The second-order valence-corrected chi connectivity index (χ2v) is 9.83. The van der Waals surface area contributed by atoms with E-state index in [0.717, 1.165) is 4.47 Å². The van der Waals surface area contributed by atoms with Crippen molar-refractivity contribution in [3.05, 3.63) is 59.1 Å². The average Bonchev–Trinajstić information content (AvgIpc) is 2.69. The third-order valence-corrected chi connectivity index (χ3v) is 7.59. The molecule has 0 spiro atoms. The van der Waals surface area contributed by atoms with Gasteiger partial charge in [0.25, 0.3) is 0 Å². The molecule has 2 aromatic carbocycles. The number of nitrogens with zero attached hydrogens (tertiary/aromatic N) is 1. The standard InChI is InChI=1S/C20H22BrNO6S/c21-15-6-8-17(9-7-15)29(26,27)22-12-10-20(25,11-13-22)18(19(23)24)14-28-16-4-2-1-3-5-16/h1-9,18,25H,10-14H2,(H,23,24). The minimum Gasteiger partial charge on any atom is -0.493 e. The molecule has 0 amide bonds. The number of benzene rings is 2. The second kappa shape index (κ2) is 8.83. The Morgan fingerprint density at radius 1 is 1.10 bits per heavy atom. The maximum Gasteiger partial charge on any atom is 0.312 e. The lowest BCUT2D eigenvalue weighted by atomic mass is 9.80. The number of aliphatic hydroxyl groups is 1. The molecule has 1 saturated heterocycles. The predicted molar refractivity (Wildman–Crippen MR) is 110 cm³/mol. The summed E-state index contributed by atoms with van der Waals surface area (Å²) < 4.78 is 33.2. The number of halogens is 1. The molecule has 9 heteroatoms. The Labute approximate surface area is 178 Å². The molecule has 1 aliphatic rings. The summed E-state index contributed by atoms with van der Waals surface area (Å²) in [7, 11) is -3.71. The Morgan fingerprint density at radius 3 is 2.24 bits per heavy atom. The first-order valence-corrected chi connectivity index (χ1v) is 11.3. The number of carboxylic acids is 1. The lowest BCUT2D eigenvalue weighted by Gasteiger charge is -2.40. The number of hydrogen-bond donors (Lipinski definition) is 2. The van der Waals surface area contributed by atoms with Crippen molar-refractivity contribution in [2.24, 2.45) is 5.92 Å². The number of ether oxygens (including phenoxy) is 1. The van der Waals surface area contributed by atoms with Crippen molar-refractivity contribution in [3.8, 4) is 5.75 Å². The smallest absolute Gasteiger partial charge is 0.312 e. The minimum absolute atomic E-state index is 0.0118. The van der Waals surface area contributed by atoms with Gasteiger partial charge in [-0.1, -0.05) is 34.1 Å². The maximum absolute atomic E-state index is 12.8. The van der Waals surface area contributed by atoms with Gasteiger partial charge in [-0.05, 0) is 49.2 Å². The van der Waals surface area contributed by atoms with Crippen LogP contribution in [0.3, 0.4) is 0 Å². The second-order valence-electron chi connectivity index (χ2n) is 6.98. The summed E-state index contributed by atoms with van der Waals surface area (Å²) >= 11 is 3.28. The molecule has 0 bridgehead atoms. The number of sulfonamides is 1. The SMILES string of the molecule is O=C(O)C(COc1ccccc1)C1(O)CCN(S(=O)(=O)c2ccc(Br)cc2)CC1. The van der Waals surface area contributed by atoms with Gasteiger partial charge in [0.1, 0.15) is 18.3 Å². The molecule has 0 radical (unpaired) electrons. The van der Waals surface area contributed by atoms with Crippen molar-refractivity contribution in [2.75, 3.05) is 19.7 Å². The van der Waals surface area contributed by atoms with Crippen molar-refractivity contribution >= 4 is 31.9 Å². The molecule has 0 aromatic heterocycles. The number of aliphatic carboxylic acids is 1. The maximum atomic E-state index is 12.8. The molecule has 3 rings (SSSR count). The van der Waals surface area contributed by atoms with E-state index in [1.807, 2.05) is 6.07 Å². The highest BCUT2D eigenvalue weighted by Gasteiger charge is 2.46. The zero-order valence-corrected chi connectivity index (χ0v) is 18.0.